The molecular formula is C17H26N2O. The van der Waals surface area contributed by atoms with Gasteiger partial charge in [-0.3, -0.25) is 0 Å². The summed E-state index contributed by atoms with van der Waals surface area (Å²) in [4.78, 5) is 2.56. The molecule has 0 saturated carbocycles. The van der Waals surface area contributed by atoms with E-state index in [1.165, 1.54) is 43.5 Å². The molecule has 1 N–H and O–H groups in total. The van der Waals surface area contributed by atoms with Crippen molar-refractivity contribution >= 4 is 5.69 Å². The molecule has 0 aromatic heterocycles. The van der Waals surface area contributed by atoms with Crippen molar-refractivity contribution < 1.29 is 4.74 Å². The second-order valence-electron chi connectivity index (χ2n) is 6.07. The largest absolute Gasteiger partial charge is 0.377 e. The first-order chi connectivity index (χ1) is 9.84. The molecule has 2 aliphatic rings. The van der Waals surface area contributed by atoms with Gasteiger partial charge < -0.3 is 15.0 Å². The number of fused-ring (bicyclic) bond motifs is 1. The van der Waals surface area contributed by atoms with E-state index in [0.717, 1.165) is 19.7 Å². The van der Waals surface area contributed by atoms with Gasteiger partial charge in [0, 0.05) is 38.0 Å². The molecule has 0 aliphatic carbocycles. The summed E-state index contributed by atoms with van der Waals surface area (Å²) in [7, 11) is 0. The predicted octanol–water partition coefficient (Wildman–Crippen LogP) is 2.60. The monoisotopic (exact) mass is 274 g/mol. The highest BCUT2D eigenvalue weighted by molar-refractivity contribution is 5.56. The molecule has 1 aromatic rings. The topological polar surface area (TPSA) is 24.5 Å². The second kappa shape index (κ2) is 6.59. The van der Waals surface area contributed by atoms with E-state index in [1.54, 1.807) is 0 Å². The van der Waals surface area contributed by atoms with Crippen molar-refractivity contribution in [3.63, 3.8) is 0 Å². The number of aryl methyl sites for hydroxylation is 1. The van der Waals surface area contributed by atoms with Crippen LogP contribution in [0, 0.1) is 0 Å². The third-order valence-electron chi connectivity index (χ3n) is 4.51. The molecule has 3 nitrogen and oxygen atoms in total. The van der Waals surface area contributed by atoms with E-state index in [2.05, 4.69) is 41.4 Å². The number of ether oxygens (including phenoxy) is 1. The molecule has 0 amide bonds. The van der Waals surface area contributed by atoms with Crippen LogP contribution in [-0.4, -0.2) is 38.4 Å². The summed E-state index contributed by atoms with van der Waals surface area (Å²) in [5.41, 5.74) is 2.94. The van der Waals surface area contributed by atoms with Crippen LogP contribution < -0.4 is 10.2 Å². The molecule has 0 bridgehead atoms. The van der Waals surface area contributed by atoms with Gasteiger partial charge in [0.05, 0.1) is 6.10 Å². The summed E-state index contributed by atoms with van der Waals surface area (Å²) in [6.07, 6.45) is 5.38. The smallest absolute Gasteiger partial charge is 0.0700 e. The van der Waals surface area contributed by atoms with Crippen LogP contribution in [0.1, 0.15) is 31.7 Å². The van der Waals surface area contributed by atoms with Crippen LogP contribution in [0.15, 0.2) is 24.3 Å². The number of benzene rings is 1. The van der Waals surface area contributed by atoms with Gasteiger partial charge in [-0.05, 0) is 44.2 Å². The fourth-order valence-electron chi connectivity index (χ4n) is 3.39. The Morgan fingerprint density at radius 1 is 1.35 bits per heavy atom. The van der Waals surface area contributed by atoms with E-state index < -0.39 is 0 Å². The minimum Gasteiger partial charge on any atom is -0.377 e. The first-order valence-corrected chi connectivity index (χ1v) is 8.01. The molecule has 20 heavy (non-hydrogen) atoms. The Hall–Kier alpha value is -1.06. The quantitative estimate of drug-likeness (QED) is 0.893. The van der Waals surface area contributed by atoms with Crippen molar-refractivity contribution in [1.82, 2.24) is 5.32 Å². The van der Waals surface area contributed by atoms with Gasteiger partial charge >= 0.3 is 0 Å². The molecule has 2 atom stereocenters. The minimum absolute atomic E-state index is 0.441. The Labute approximate surface area is 122 Å². The molecule has 3 rings (SSSR count). The van der Waals surface area contributed by atoms with Gasteiger partial charge in [-0.15, -0.1) is 0 Å². The van der Waals surface area contributed by atoms with Gasteiger partial charge in [0.15, 0.2) is 0 Å². The first kappa shape index (κ1) is 13.9. The van der Waals surface area contributed by atoms with Crippen LogP contribution >= 0.6 is 0 Å². The third-order valence-corrected chi connectivity index (χ3v) is 4.51. The van der Waals surface area contributed by atoms with Gasteiger partial charge in [-0.25, -0.2) is 0 Å². The van der Waals surface area contributed by atoms with Crippen LogP contribution in [0.2, 0.25) is 0 Å². The molecule has 2 aliphatic heterocycles. The van der Waals surface area contributed by atoms with Crippen molar-refractivity contribution in [3.8, 4) is 0 Å². The highest BCUT2D eigenvalue weighted by atomic mass is 16.5. The number of anilines is 1. The molecule has 0 spiro atoms. The summed E-state index contributed by atoms with van der Waals surface area (Å²) in [6, 6.07) is 9.39. The summed E-state index contributed by atoms with van der Waals surface area (Å²) in [5.74, 6) is 0. The van der Waals surface area contributed by atoms with Gasteiger partial charge in [0.2, 0.25) is 0 Å². The highest BCUT2D eigenvalue weighted by Crippen LogP contribution is 2.28. The number of rotatable bonds is 5. The molecule has 3 heteroatoms. The van der Waals surface area contributed by atoms with E-state index in [-0.39, 0.29) is 0 Å². The Morgan fingerprint density at radius 2 is 2.25 bits per heavy atom. The van der Waals surface area contributed by atoms with Gasteiger partial charge in [-0.2, -0.15) is 0 Å². The maximum absolute atomic E-state index is 5.66. The lowest BCUT2D eigenvalue weighted by atomic mass is 10.0. The zero-order valence-electron chi connectivity index (χ0n) is 12.5. The Kier molecular flexibility index (Phi) is 4.58. The van der Waals surface area contributed by atoms with E-state index in [9.17, 15) is 0 Å². The number of hydrogen-bond donors (Lipinski definition) is 1. The van der Waals surface area contributed by atoms with Crippen molar-refractivity contribution in [1.29, 1.82) is 0 Å². The van der Waals surface area contributed by atoms with Crippen LogP contribution in [0.5, 0.6) is 0 Å². The van der Waals surface area contributed by atoms with Crippen molar-refractivity contribution in [2.24, 2.45) is 0 Å². The summed E-state index contributed by atoms with van der Waals surface area (Å²) >= 11 is 0. The van der Waals surface area contributed by atoms with Crippen molar-refractivity contribution in [3.05, 3.63) is 29.8 Å². The van der Waals surface area contributed by atoms with Gasteiger partial charge in [0.1, 0.15) is 0 Å². The Balaban J connectivity index is 1.53. The van der Waals surface area contributed by atoms with Crippen LogP contribution in [0.4, 0.5) is 5.69 Å². The first-order valence-electron chi connectivity index (χ1n) is 8.01. The number of nitrogens with one attached hydrogen (secondary N) is 1. The SMILES string of the molecule is CC(CNCC1CCCO1)N1CCCc2ccccc21. The number of para-hydroxylation sites is 1. The van der Waals surface area contributed by atoms with Crippen LogP contribution in [0.25, 0.3) is 0 Å². The van der Waals surface area contributed by atoms with E-state index in [0.29, 0.717) is 12.1 Å². The third kappa shape index (κ3) is 3.15. The minimum atomic E-state index is 0.441. The normalized spacial score (nSPS) is 23.6. The maximum atomic E-state index is 5.66. The predicted molar refractivity (Wildman–Crippen MR) is 83.4 cm³/mol. The number of nitrogens with zero attached hydrogens (tertiary/aromatic N) is 1. The Morgan fingerprint density at radius 3 is 3.10 bits per heavy atom. The molecular weight excluding hydrogens is 248 g/mol. The van der Waals surface area contributed by atoms with Gasteiger partial charge in [-0.1, -0.05) is 18.2 Å². The standard InChI is InChI=1S/C17H26N2O/c1-14(12-18-13-16-8-5-11-20-16)19-10-4-7-15-6-2-3-9-17(15)19/h2-3,6,9,14,16,18H,4-5,7-8,10-13H2,1H3. The summed E-state index contributed by atoms with van der Waals surface area (Å²) < 4.78 is 5.66. The lowest BCUT2D eigenvalue weighted by Crippen LogP contribution is -2.44. The molecule has 0 radical (unpaired) electrons. The second-order valence-corrected chi connectivity index (χ2v) is 6.07. The molecule has 110 valence electrons. The highest BCUT2D eigenvalue weighted by Gasteiger charge is 2.21. The van der Waals surface area contributed by atoms with Crippen molar-refractivity contribution in [2.45, 2.75) is 44.8 Å². The summed E-state index contributed by atoms with van der Waals surface area (Å²) in [6.45, 7) is 6.49. The zero-order valence-corrected chi connectivity index (χ0v) is 12.5. The van der Waals surface area contributed by atoms with E-state index in [1.807, 2.05) is 0 Å². The molecule has 2 unspecified atom stereocenters. The lowest BCUT2D eigenvalue weighted by molar-refractivity contribution is 0.110. The average molecular weight is 274 g/mol. The molecule has 2 heterocycles. The zero-order chi connectivity index (χ0) is 13.8. The molecule has 1 aromatic carbocycles. The lowest BCUT2D eigenvalue weighted by Gasteiger charge is -2.36. The van der Waals surface area contributed by atoms with Crippen LogP contribution in [-0.2, 0) is 11.2 Å². The average Bonchev–Trinajstić information content (AvgIpc) is 3.00. The molecule has 1 saturated heterocycles. The molecule has 1 fully saturated rings. The van der Waals surface area contributed by atoms with Gasteiger partial charge in [0.25, 0.3) is 0 Å². The van der Waals surface area contributed by atoms with Crippen LogP contribution in [0.3, 0.4) is 0 Å². The fourth-order valence-corrected chi connectivity index (χ4v) is 3.39. The van der Waals surface area contributed by atoms with Crippen molar-refractivity contribution in [2.75, 3.05) is 31.1 Å². The van der Waals surface area contributed by atoms with E-state index in [4.69, 9.17) is 4.74 Å². The number of hydrogen-bond acceptors (Lipinski definition) is 3. The Bertz CT molecular complexity index is 429. The fraction of sp³-hybridized carbons (Fsp3) is 0.647. The van der Waals surface area contributed by atoms with E-state index >= 15 is 0 Å². The maximum Gasteiger partial charge on any atom is 0.0700 e. The summed E-state index contributed by atoms with van der Waals surface area (Å²) in [5, 5.41) is 3.59.